The standard InChI is InChI=1S/C48H62BrF2IN4S2/c1-5-9-13-17-21-25-47(26-22-18-14-10-6-2)31-29-33(49)43-45(55-57-53-43)35(31)37-39(47)42(51)38-36-32(30-34(52)44-46(36)56-58-54-44)48(40(38)41(37)50,27-23-19-15-11-7-3)28-24-20-16-12-8-4/h29-30H,5-28H2,1-4H3. The molecule has 0 saturated carbocycles. The Bertz CT molecular complexity index is 2020. The largest absolute Gasteiger partial charge is 0.206 e. The molecule has 7 rings (SSSR count). The van der Waals surface area contributed by atoms with Crippen molar-refractivity contribution in [2.24, 2.45) is 0 Å². The number of hydrogen-bond acceptors (Lipinski definition) is 6. The first kappa shape index (κ1) is 44.4. The van der Waals surface area contributed by atoms with Gasteiger partial charge >= 0.3 is 0 Å². The molecule has 2 heterocycles. The van der Waals surface area contributed by atoms with Crippen LogP contribution in [0, 0.1) is 15.2 Å². The number of nitrogens with zero attached hydrogens (tertiary/aromatic N) is 4. The fourth-order valence-electron chi connectivity index (χ4n) is 10.8. The Morgan fingerprint density at radius 1 is 0.483 bits per heavy atom. The molecule has 0 spiro atoms. The molecule has 0 N–H and O–H groups in total. The van der Waals surface area contributed by atoms with E-state index >= 15 is 8.78 Å². The maximum atomic E-state index is 19.1. The third kappa shape index (κ3) is 8.09. The summed E-state index contributed by atoms with van der Waals surface area (Å²) in [6, 6.07) is 4.42. The van der Waals surface area contributed by atoms with Gasteiger partial charge < -0.3 is 0 Å². The van der Waals surface area contributed by atoms with E-state index in [0.29, 0.717) is 27.8 Å². The van der Waals surface area contributed by atoms with Crippen LogP contribution < -0.4 is 0 Å². The molecule has 0 aliphatic heterocycles. The highest BCUT2D eigenvalue weighted by atomic mass is 127. The minimum absolute atomic E-state index is 0.229. The number of fused-ring (bicyclic) bond motifs is 10. The van der Waals surface area contributed by atoms with Crippen molar-refractivity contribution in [3.05, 3.63) is 54.1 Å². The number of rotatable bonds is 24. The normalized spacial score (nSPS) is 14.8. The second-order valence-electron chi connectivity index (χ2n) is 17.4. The highest BCUT2D eigenvalue weighted by molar-refractivity contribution is 14.1. The van der Waals surface area contributed by atoms with Crippen LogP contribution in [0.1, 0.15) is 204 Å². The predicted octanol–water partition coefficient (Wildman–Crippen LogP) is 17.3. The van der Waals surface area contributed by atoms with Crippen LogP contribution in [0.5, 0.6) is 0 Å². The van der Waals surface area contributed by atoms with Gasteiger partial charge in [-0.05, 0) is 87.5 Å². The third-order valence-corrected chi connectivity index (χ3v) is 16.2. The van der Waals surface area contributed by atoms with Crippen LogP contribution in [0.4, 0.5) is 8.78 Å². The van der Waals surface area contributed by atoms with E-state index in [1.807, 2.05) is 0 Å². The fraction of sp³-hybridized carbons (Fsp3) is 0.625. The van der Waals surface area contributed by atoms with Gasteiger partial charge in [-0.2, -0.15) is 17.5 Å². The number of aromatic nitrogens is 4. The second-order valence-corrected chi connectivity index (χ2v) is 20.5. The van der Waals surface area contributed by atoms with E-state index in [9.17, 15) is 0 Å². The monoisotopic (exact) mass is 1000 g/mol. The molecule has 0 unspecified atom stereocenters. The molecule has 314 valence electrons. The number of halogens is 4. The maximum Gasteiger partial charge on any atom is 0.136 e. The zero-order valence-electron chi connectivity index (χ0n) is 35.2. The quantitative estimate of drug-likeness (QED) is 0.0457. The van der Waals surface area contributed by atoms with E-state index in [0.717, 1.165) is 161 Å². The summed E-state index contributed by atoms with van der Waals surface area (Å²) in [5, 5.41) is 0. The van der Waals surface area contributed by atoms with Gasteiger partial charge in [0.2, 0.25) is 0 Å². The van der Waals surface area contributed by atoms with E-state index in [1.54, 1.807) is 0 Å². The van der Waals surface area contributed by atoms with Gasteiger partial charge in [0.05, 0.1) is 23.5 Å². The second kappa shape index (κ2) is 20.0. The van der Waals surface area contributed by atoms with Crippen molar-refractivity contribution in [2.45, 2.75) is 193 Å². The van der Waals surface area contributed by atoms with Gasteiger partial charge in [-0.15, -0.1) is 0 Å². The lowest BCUT2D eigenvalue weighted by atomic mass is 9.68. The first-order valence-electron chi connectivity index (χ1n) is 22.8. The molecular weight excluding hydrogens is 941 g/mol. The summed E-state index contributed by atoms with van der Waals surface area (Å²) in [6.45, 7) is 8.98. The first-order valence-corrected chi connectivity index (χ1v) is 26.1. The summed E-state index contributed by atoms with van der Waals surface area (Å²) in [5.41, 5.74) is 7.42. The van der Waals surface area contributed by atoms with Gasteiger partial charge in [0, 0.05) is 52.3 Å². The SMILES string of the molecule is CCCCCCCC1(CCCCCCC)c2cc(Br)c3nsnc3c2-c2c(F)c3c(c(F)c21)-c1c(cc(I)c2nsnc12)C3(CCCCCCC)CCCCCCC. The molecular formula is C48H62BrF2IN4S2. The topological polar surface area (TPSA) is 51.6 Å². The molecule has 0 bridgehead atoms. The van der Waals surface area contributed by atoms with Gasteiger partial charge in [-0.3, -0.25) is 0 Å². The van der Waals surface area contributed by atoms with E-state index < -0.39 is 10.8 Å². The van der Waals surface area contributed by atoms with Crippen molar-refractivity contribution in [2.75, 3.05) is 0 Å². The van der Waals surface area contributed by atoms with Crippen LogP contribution in [0.25, 0.3) is 44.3 Å². The van der Waals surface area contributed by atoms with Crippen LogP contribution >= 0.6 is 62.0 Å². The van der Waals surface area contributed by atoms with Crippen LogP contribution in [0.2, 0.25) is 0 Å². The van der Waals surface area contributed by atoms with Gasteiger partial charge in [0.1, 0.15) is 33.7 Å². The number of unbranched alkanes of at least 4 members (excludes halogenated alkanes) is 16. The van der Waals surface area contributed by atoms with Crippen LogP contribution in [-0.4, -0.2) is 17.5 Å². The Morgan fingerprint density at radius 2 is 0.828 bits per heavy atom. The summed E-state index contributed by atoms with van der Waals surface area (Å²) in [4.78, 5) is 0. The van der Waals surface area contributed by atoms with Crippen molar-refractivity contribution in [3.8, 4) is 22.3 Å². The minimum atomic E-state index is -0.683. The van der Waals surface area contributed by atoms with E-state index in [1.165, 1.54) is 63.1 Å². The molecule has 2 aliphatic carbocycles. The Balaban J connectivity index is 1.53. The summed E-state index contributed by atoms with van der Waals surface area (Å²) in [5.74, 6) is -0.458. The van der Waals surface area contributed by atoms with Crippen LogP contribution in [0.3, 0.4) is 0 Å². The Labute approximate surface area is 376 Å². The lowest BCUT2D eigenvalue weighted by molar-refractivity contribution is 0.375. The molecule has 2 aromatic heterocycles. The maximum absolute atomic E-state index is 19.1. The van der Waals surface area contributed by atoms with Crippen LogP contribution in [-0.2, 0) is 10.8 Å². The van der Waals surface area contributed by atoms with Gasteiger partial charge in [-0.1, -0.05) is 156 Å². The van der Waals surface area contributed by atoms with Gasteiger partial charge in [0.15, 0.2) is 0 Å². The van der Waals surface area contributed by atoms with E-state index in [-0.39, 0.29) is 11.6 Å². The third-order valence-electron chi connectivity index (χ3n) is 13.7. The molecule has 0 atom stereocenters. The average molecular weight is 1000 g/mol. The molecule has 0 saturated heterocycles. The van der Waals surface area contributed by atoms with Gasteiger partial charge in [0.25, 0.3) is 0 Å². The molecule has 0 radical (unpaired) electrons. The van der Waals surface area contributed by atoms with Crippen molar-refractivity contribution in [1.29, 1.82) is 0 Å². The van der Waals surface area contributed by atoms with E-state index in [4.69, 9.17) is 17.5 Å². The molecule has 0 fully saturated rings. The lowest BCUT2D eigenvalue weighted by Gasteiger charge is -2.35. The molecule has 5 aromatic rings. The number of hydrogen-bond donors (Lipinski definition) is 0. The molecule has 0 amide bonds. The van der Waals surface area contributed by atoms with Crippen molar-refractivity contribution >= 4 is 84.0 Å². The zero-order chi connectivity index (χ0) is 40.9. The molecule has 10 heteroatoms. The highest BCUT2D eigenvalue weighted by Crippen LogP contribution is 2.65. The summed E-state index contributed by atoms with van der Waals surface area (Å²) < 4.78 is 59.3. The van der Waals surface area contributed by atoms with Crippen molar-refractivity contribution in [1.82, 2.24) is 17.5 Å². The van der Waals surface area contributed by atoms with Gasteiger partial charge in [-0.25, -0.2) is 8.78 Å². The summed E-state index contributed by atoms with van der Waals surface area (Å²) >= 11 is 8.63. The average Bonchev–Trinajstić information content (AvgIpc) is 4.01. The molecule has 58 heavy (non-hydrogen) atoms. The lowest BCUT2D eigenvalue weighted by Crippen LogP contribution is -2.29. The van der Waals surface area contributed by atoms with E-state index in [2.05, 4.69) is 78.3 Å². The molecule has 2 aliphatic rings. The van der Waals surface area contributed by atoms with Crippen molar-refractivity contribution in [3.63, 3.8) is 0 Å². The summed E-state index contributed by atoms with van der Waals surface area (Å²) in [6.07, 6.45) is 25.4. The highest BCUT2D eigenvalue weighted by Gasteiger charge is 2.54. The molecule has 3 aromatic carbocycles. The zero-order valence-corrected chi connectivity index (χ0v) is 40.6. The van der Waals surface area contributed by atoms with Crippen LogP contribution in [0.15, 0.2) is 16.6 Å². The van der Waals surface area contributed by atoms with Crippen molar-refractivity contribution < 1.29 is 8.78 Å². The Hall–Kier alpha value is -1.63. The Morgan fingerprint density at radius 3 is 1.24 bits per heavy atom. The molecule has 4 nitrogen and oxygen atoms in total. The minimum Gasteiger partial charge on any atom is -0.206 e. The number of benzene rings is 3. The first-order chi connectivity index (χ1) is 28.3. The fourth-order valence-corrected chi connectivity index (χ4v) is 13.4. The summed E-state index contributed by atoms with van der Waals surface area (Å²) in [7, 11) is 0. The predicted molar refractivity (Wildman–Crippen MR) is 255 cm³/mol. The smallest absolute Gasteiger partial charge is 0.136 e. The Kier molecular flexibility index (Phi) is 15.4.